The molecule has 4 aromatic rings. The molecule has 0 spiro atoms. The molecule has 0 aliphatic carbocycles. The first-order valence-corrected chi connectivity index (χ1v) is 13.5. The fourth-order valence-corrected chi connectivity index (χ4v) is 5.19. The number of carboxylic acid groups (broad SMARTS) is 1. The average Bonchev–Trinajstić information content (AvgIpc) is 3.31. The Balaban J connectivity index is 1.50. The maximum absolute atomic E-state index is 13.5. The Morgan fingerprint density at radius 3 is 2.45 bits per heavy atom. The molecule has 40 heavy (non-hydrogen) atoms. The molecular formula is C31H32ClF3N2O3. The molecule has 0 amide bonds. The van der Waals surface area contributed by atoms with Crippen molar-refractivity contribution in [2.24, 2.45) is 0 Å². The molecule has 212 valence electrons. The van der Waals surface area contributed by atoms with Crippen LogP contribution in [0.15, 0.2) is 79.0 Å². The van der Waals surface area contributed by atoms with Crippen LogP contribution in [0.2, 0.25) is 5.02 Å². The lowest BCUT2D eigenvalue weighted by Gasteiger charge is -2.28. The molecule has 1 N–H and O–H groups in total. The summed E-state index contributed by atoms with van der Waals surface area (Å²) in [5, 5.41) is 9.72. The van der Waals surface area contributed by atoms with Gasteiger partial charge in [0, 0.05) is 31.2 Å². The van der Waals surface area contributed by atoms with E-state index >= 15 is 0 Å². The highest BCUT2D eigenvalue weighted by Gasteiger charge is 2.34. The summed E-state index contributed by atoms with van der Waals surface area (Å²) < 4.78 is 48.4. The summed E-state index contributed by atoms with van der Waals surface area (Å²) in [4.78, 5) is 13.3. The summed E-state index contributed by atoms with van der Waals surface area (Å²) in [5.74, 6) is -0.133. The molecule has 0 aliphatic heterocycles. The van der Waals surface area contributed by atoms with Crippen molar-refractivity contribution in [3.63, 3.8) is 0 Å². The third kappa shape index (κ3) is 7.37. The van der Waals surface area contributed by atoms with E-state index in [0.29, 0.717) is 30.8 Å². The van der Waals surface area contributed by atoms with Crippen molar-refractivity contribution in [3.8, 4) is 5.75 Å². The number of rotatable bonds is 12. The number of fused-ring (bicyclic) bond motifs is 1. The highest BCUT2D eigenvalue weighted by atomic mass is 35.5. The van der Waals surface area contributed by atoms with E-state index in [1.807, 2.05) is 61.5 Å². The second-order valence-corrected chi connectivity index (χ2v) is 10.4. The van der Waals surface area contributed by atoms with E-state index in [0.717, 1.165) is 22.5 Å². The van der Waals surface area contributed by atoms with Crippen LogP contribution < -0.4 is 4.74 Å². The molecule has 0 radical (unpaired) electrons. The zero-order valence-corrected chi connectivity index (χ0v) is 23.1. The molecule has 0 saturated carbocycles. The standard InChI is InChI=1S/C31H32ClF3N2O3/c1-21(23-8-4-3-5-9-23)18-36(19-24-10-6-11-26(30(24)32)31(33,34)35)16-14-22(2)40-28-13-7-12-27-25(28)15-17-37(27)20-29(38)39/h3-13,15,17,21-22H,14,16,18-20H2,1-2H3,(H,38,39)/t21?,22-/m1/s1. The van der Waals surface area contributed by atoms with Crippen molar-refractivity contribution < 1.29 is 27.8 Å². The number of hydrogen-bond acceptors (Lipinski definition) is 3. The Morgan fingerprint density at radius 2 is 1.75 bits per heavy atom. The predicted molar refractivity (Wildman–Crippen MR) is 151 cm³/mol. The van der Waals surface area contributed by atoms with Gasteiger partial charge in [-0.2, -0.15) is 13.2 Å². The van der Waals surface area contributed by atoms with Crippen molar-refractivity contribution in [1.29, 1.82) is 0 Å². The van der Waals surface area contributed by atoms with Gasteiger partial charge in [0.1, 0.15) is 12.3 Å². The Kier molecular flexibility index (Phi) is 9.43. The summed E-state index contributed by atoms with van der Waals surface area (Å²) in [5.41, 5.74) is 1.51. The van der Waals surface area contributed by atoms with Crippen molar-refractivity contribution in [2.75, 3.05) is 13.1 Å². The maximum atomic E-state index is 13.5. The van der Waals surface area contributed by atoms with Crippen molar-refractivity contribution >= 4 is 28.5 Å². The number of carboxylic acids is 1. The number of nitrogens with zero attached hydrogens (tertiary/aromatic N) is 2. The largest absolute Gasteiger partial charge is 0.490 e. The van der Waals surface area contributed by atoms with Crippen LogP contribution in [0, 0.1) is 0 Å². The number of alkyl halides is 3. The fraction of sp³-hybridized carbons (Fsp3) is 0.323. The van der Waals surface area contributed by atoms with Gasteiger partial charge in [-0.25, -0.2) is 0 Å². The smallest absolute Gasteiger partial charge is 0.417 e. The molecule has 4 rings (SSSR count). The van der Waals surface area contributed by atoms with Crippen molar-refractivity contribution in [2.45, 2.75) is 51.6 Å². The molecule has 0 fully saturated rings. The third-order valence-electron chi connectivity index (χ3n) is 6.94. The Bertz CT molecular complexity index is 1440. The van der Waals surface area contributed by atoms with Gasteiger partial charge in [0.25, 0.3) is 0 Å². The van der Waals surface area contributed by atoms with E-state index in [1.54, 1.807) is 16.8 Å². The van der Waals surface area contributed by atoms with Gasteiger partial charge in [0.2, 0.25) is 0 Å². The van der Waals surface area contributed by atoms with E-state index < -0.39 is 17.7 Å². The van der Waals surface area contributed by atoms with E-state index in [-0.39, 0.29) is 30.1 Å². The van der Waals surface area contributed by atoms with Gasteiger partial charge in [-0.15, -0.1) is 0 Å². The van der Waals surface area contributed by atoms with Crippen LogP contribution in [0.25, 0.3) is 10.9 Å². The lowest BCUT2D eigenvalue weighted by atomic mass is 10.00. The van der Waals surface area contributed by atoms with Gasteiger partial charge in [-0.05, 0) is 54.7 Å². The van der Waals surface area contributed by atoms with Crippen LogP contribution in [-0.2, 0) is 24.1 Å². The van der Waals surface area contributed by atoms with Gasteiger partial charge in [0.15, 0.2) is 0 Å². The van der Waals surface area contributed by atoms with Gasteiger partial charge in [0.05, 0.1) is 22.2 Å². The van der Waals surface area contributed by atoms with Crippen LogP contribution in [0.1, 0.15) is 42.9 Å². The second kappa shape index (κ2) is 12.8. The first kappa shape index (κ1) is 29.5. The van der Waals surface area contributed by atoms with Crippen molar-refractivity contribution in [1.82, 2.24) is 9.47 Å². The van der Waals surface area contributed by atoms with E-state index in [1.165, 1.54) is 6.07 Å². The lowest BCUT2D eigenvalue weighted by molar-refractivity contribution is -0.138. The molecule has 1 unspecified atom stereocenters. The SMILES string of the molecule is CC(CN(CC[C@@H](C)Oc1cccc2c1ccn2CC(=O)O)Cc1cccc(C(F)(F)F)c1Cl)c1ccccc1. The number of ether oxygens (including phenoxy) is 1. The first-order chi connectivity index (χ1) is 19.0. The molecule has 5 nitrogen and oxygen atoms in total. The summed E-state index contributed by atoms with van der Waals surface area (Å²) in [6.45, 7) is 5.36. The molecule has 3 aromatic carbocycles. The predicted octanol–water partition coefficient (Wildman–Crippen LogP) is 7.86. The van der Waals surface area contributed by atoms with Crippen LogP contribution in [0.3, 0.4) is 0 Å². The quantitative estimate of drug-likeness (QED) is 0.188. The molecule has 0 aliphatic rings. The van der Waals surface area contributed by atoms with Crippen LogP contribution >= 0.6 is 11.6 Å². The number of aliphatic carboxylic acids is 1. The van der Waals surface area contributed by atoms with E-state index in [9.17, 15) is 23.1 Å². The molecule has 0 saturated heterocycles. The number of aromatic nitrogens is 1. The number of carbonyl (C=O) groups is 1. The Hall–Kier alpha value is -3.49. The van der Waals surface area contributed by atoms with Crippen molar-refractivity contribution in [3.05, 3.63) is 101 Å². The third-order valence-corrected chi connectivity index (χ3v) is 7.38. The minimum Gasteiger partial charge on any atom is -0.490 e. The van der Waals surface area contributed by atoms with Crippen LogP contribution in [0.5, 0.6) is 5.75 Å². The lowest BCUT2D eigenvalue weighted by Crippen LogP contribution is -2.31. The number of hydrogen-bond donors (Lipinski definition) is 1. The minimum absolute atomic E-state index is 0.143. The fourth-order valence-electron chi connectivity index (χ4n) is 4.89. The summed E-state index contributed by atoms with van der Waals surface area (Å²) in [6, 6.07) is 21.4. The molecule has 0 bridgehead atoms. The zero-order valence-electron chi connectivity index (χ0n) is 22.4. The average molecular weight is 573 g/mol. The first-order valence-electron chi connectivity index (χ1n) is 13.1. The Morgan fingerprint density at radius 1 is 1.02 bits per heavy atom. The monoisotopic (exact) mass is 572 g/mol. The second-order valence-electron chi connectivity index (χ2n) is 10.1. The molecule has 1 aromatic heterocycles. The van der Waals surface area contributed by atoms with Crippen LogP contribution in [-0.4, -0.2) is 39.7 Å². The van der Waals surface area contributed by atoms with E-state index in [2.05, 4.69) is 11.8 Å². The Labute approximate surface area is 236 Å². The normalized spacial score (nSPS) is 13.5. The topological polar surface area (TPSA) is 54.7 Å². The maximum Gasteiger partial charge on any atom is 0.417 e. The van der Waals surface area contributed by atoms with Gasteiger partial charge in [-0.3, -0.25) is 9.69 Å². The van der Waals surface area contributed by atoms with Crippen LogP contribution in [0.4, 0.5) is 13.2 Å². The summed E-state index contributed by atoms with van der Waals surface area (Å²) in [7, 11) is 0. The summed E-state index contributed by atoms with van der Waals surface area (Å²) >= 11 is 6.24. The molecule has 1 heterocycles. The zero-order chi connectivity index (χ0) is 28.9. The highest BCUT2D eigenvalue weighted by molar-refractivity contribution is 6.32. The number of benzene rings is 3. The molecule has 2 atom stereocenters. The van der Waals surface area contributed by atoms with Gasteiger partial charge < -0.3 is 14.4 Å². The van der Waals surface area contributed by atoms with Gasteiger partial charge in [-0.1, -0.05) is 67.1 Å². The minimum atomic E-state index is -4.53. The summed E-state index contributed by atoms with van der Waals surface area (Å²) in [6.07, 6.45) is -2.39. The number of halogens is 4. The van der Waals surface area contributed by atoms with Gasteiger partial charge >= 0.3 is 12.1 Å². The highest BCUT2D eigenvalue weighted by Crippen LogP contribution is 2.37. The molecule has 9 heteroatoms. The van der Waals surface area contributed by atoms with E-state index in [4.69, 9.17) is 16.3 Å². The molecular weight excluding hydrogens is 541 g/mol.